The first-order valence-electron chi connectivity index (χ1n) is 6.48. The highest BCUT2D eigenvalue weighted by Gasteiger charge is 2.09. The Kier molecular flexibility index (Phi) is 5.85. The summed E-state index contributed by atoms with van der Waals surface area (Å²) in [7, 11) is 0. The van der Waals surface area contributed by atoms with Gasteiger partial charge in [-0.25, -0.2) is 4.79 Å². The zero-order valence-corrected chi connectivity index (χ0v) is 11.4. The SMILES string of the molecule is CCCCC(=O)N[C@@H](C)c1ccc(NC(N)=O)cc1. The van der Waals surface area contributed by atoms with Gasteiger partial charge in [0.15, 0.2) is 0 Å². The lowest BCUT2D eigenvalue weighted by Gasteiger charge is -2.14. The molecule has 0 saturated heterocycles. The second-order valence-electron chi connectivity index (χ2n) is 4.50. The van der Waals surface area contributed by atoms with Gasteiger partial charge >= 0.3 is 6.03 Å². The van der Waals surface area contributed by atoms with E-state index in [1.54, 1.807) is 12.1 Å². The number of nitrogens with two attached hydrogens (primary N) is 1. The lowest BCUT2D eigenvalue weighted by atomic mass is 10.1. The number of carbonyl (C=O) groups is 2. The fourth-order valence-corrected chi connectivity index (χ4v) is 1.73. The smallest absolute Gasteiger partial charge is 0.316 e. The third-order valence-corrected chi connectivity index (χ3v) is 2.81. The van der Waals surface area contributed by atoms with E-state index in [1.165, 1.54) is 0 Å². The van der Waals surface area contributed by atoms with Gasteiger partial charge < -0.3 is 16.4 Å². The molecule has 1 atom stereocenters. The van der Waals surface area contributed by atoms with Crippen LogP contribution in [0.15, 0.2) is 24.3 Å². The molecule has 5 heteroatoms. The lowest BCUT2D eigenvalue weighted by molar-refractivity contribution is -0.121. The maximum atomic E-state index is 11.6. The van der Waals surface area contributed by atoms with Gasteiger partial charge in [-0.05, 0) is 31.0 Å². The van der Waals surface area contributed by atoms with E-state index in [9.17, 15) is 9.59 Å². The largest absolute Gasteiger partial charge is 0.351 e. The van der Waals surface area contributed by atoms with Crippen LogP contribution < -0.4 is 16.4 Å². The van der Waals surface area contributed by atoms with Gasteiger partial charge in [0, 0.05) is 12.1 Å². The van der Waals surface area contributed by atoms with Crippen molar-refractivity contribution in [3.8, 4) is 0 Å². The monoisotopic (exact) mass is 263 g/mol. The van der Waals surface area contributed by atoms with Crippen molar-refractivity contribution < 1.29 is 9.59 Å². The van der Waals surface area contributed by atoms with Gasteiger partial charge in [-0.15, -0.1) is 0 Å². The van der Waals surface area contributed by atoms with Crippen molar-refractivity contribution in [1.29, 1.82) is 0 Å². The summed E-state index contributed by atoms with van der Waals surface area (Å²) in [4.78, 5) is 22.3. The zero-order valence-electron chi connectivity index (χ0n) is 11.4. The third-order valence-electron chi connectivity index (χ3n) is 2.81. The molecule has 1 aromatic rings. The van der Waals surface area contributed by atoms with E-state index < -0.39 is 6.03 Å². The van der Waals surface area contributed by atoms with Crippen LogP contribution in [0, 0.1) is 0 Å². The molecule has 0 aromatic heterocycles. The van der Waals surface area contributed by atoms with Crippen molar-refractivity contribution in [2.75, 3.05) is 5.32 Å². The zero-order chi connectivity index (χ0) is 14.3. The first-order valence-corrected chi connectivity index (χ1v) is 6.48. The predicted molar refractivity (Wildman–Crippen MR) is 75.7 cm³/mol. The number of unbranched alkanes of at least 4 members (excludes halogenated alkanes) is 1. The van der Waals surface area contributed by atoms with E-state index >= 15 is 0 Å². The number of urea groups is 1. The van der Waals surface area contributed by atoms with E-state index in [0.717, 1.165) is 18.4 Å². The van der Waals surface area contributed by atoms with Crippen LogP contribution in [0.1, 0.15) is 44.7 Å². The molecular formula is C14H21N3O2. The number of amides is 3. The maximum Gasteiger partial charge on any atom is 0.316 e. The van der Waals surface area contributed by atoms with Gasteiger partial charge in [0.25, 0.3) is 0 Å². The quantitative estimate of drug-likeness (QED) is 0.737. The van der Waals surface area contributed by atoms with E-state index in [1.807, 2.05) is 19.1 Å². The number of hydrogen-bond donors (Lipinski definition) is 3. The summed E-state index contributed by atoms with van der Waals surface area (Å²) >= 11 is 0. The fourth-order valence-electron chi connectivity index (χ4n) is 1.73. The maximum absolute atomic E-state index is 11.6. The Bertz CT molecular complexity index is 429. The number of benzene rings is 1. The molecule has 0 heterocycles. The Hall–Kier alpha value is -2.04. The van der Waals surface area contributed by atoms with Crippen molar-refractivity contribution >= 4 is 17.6 Å². The molecule has 0 aliphatic heterocycles. The van der Waals surface area contributed by atoms with Crippen LogP contribution >= 0.6 is 0 Å². The van der Waals surface area contributed by atoms with Crippen molar-refractivity contribution in [2.24, 2.45) is 5.73 Å². The Balaban J connectivity index is 2.55. The second-order valence-corrected chi connectivity index (χ2v) is 4.50. The summed E-state index contributed by atoms with van der Waals surface area (Å²) in [5.41, 5.74) is 6.65. The van der Waals surface area contributed by atoms with Crippen molar-refractivity contribution in [3.63, 3.8) is 0 Å². The standard InChI is InChI=1S/C14H21N3O2/c1-3-4-5-13(18)16-10(2)11-6-8-12(9-7-11)17-14(15)19/h6-10H,3-5H2,1-2H3,(H,16,18)(H3,15,17,19)/t10-/m0/s1. The first kappa shape index (κ1) is 15.0. The van der Waals surface area contributed by atoms with E-state index in [4.69, 9.17) is 5.73 Å². The van der Waals surface area contributed by atoms with Crippen LogP contribution in [0.5, 0.6) is 0 Å². The van der Waals surface area contributed by atoms with E-state index in [0.29, 0.717) is 12.1 Å². The topological polar surface area (TPSA) is 84.2 Å². The molecule has 0 saturated carbocycles. The number of primary amides is 1. The normalized spacial score (nSPS) is 11.7. The Morgan fingerprint density at radius 1 is 1.26 bits per heavy atom. The van der Waals surface area contributed by atoms with Gasteiger partial charge in [-0.1, -0.05) is 25.5 Å². The molecule has 0 bridgehead atoms. The summed E-state index contributed by atoms with van der Waals surface area (Å²) in [6.45, 7) is 3.99. The second kappa shape index (κ2) is 7.41. The number of anilines is 1. The molecule has 0 aliphatic carbocycles. The average molecular weight is 263 g/mol. The Morgan fingerprint density at radius 2 is 1.89 bits per heavy atom. The van der Waals surface area contributed by atoms with Crippen LogP contribution in [0.3, 0.4) is 0 Å². The summed E-state index contributed by atoms with van der Waals surface area (Å²) in [6.07, 6.45) is 2.47. The molecule has 0 spiro atoms. The average Bonchev–Trinajstić information content (AvgIpc) is 2.36. The summed E-state index contributed by atoms with van der Waals surface area (Å²) in [5, 5.41) is 5.43. The van der Waals surface area contributed by atoms with Crippen LogP contribution in [0.4, 0.5) is 10.5 Å². The summed E-state index contributed by atoms with van der Waals surface area (Å²) in [5.74, 6) is 0.0636. The molecule has 0 unspecified atom stereocenters. The molecule has 104 valence electrons. The number of hydrogen-bond acceptors (Lipinski definition) is 2. The van der Waals surface area contributed by atoms with E-state index in [-0.39, 0.29) is 11.9 Å². The van der Waals surface area contributed by atoms with Crippen molar-refractivity contribution in [2.45, 2.75) is 39.2 Å². The fraction of sp³-hybridized carbons (Fsp3) is 0.429. The van der Waals surface area contributed by atoms with Crippen molar-refractivity contribution in [1.82, 2.24) is 5.32 Å². The van der Waals surface area contributed by atoms with Crippen LogP contribution in [0.2, 0.25) is 0 Å². The van der Waals surface area contributed by atoms with Gasteiger partial charge in [-0.2, -0.15) is 0 Å². The number of nitrogens with one attached hydrogen (secondary N) is 2. The summed E-state index contributed by atoms with van der Waals surface area (Å²) in [6, 6.07) is 6.59. The van der Waals surface area contributed by atoms with E-state index in [2.05, 4.69) is 17.6 Å². The highest BCUT2D eigenvalue weighted by atomic mass is 16.2. The van der Waals surface area contributed by atoms with Gasteiger partial charge in [0.1, 0.15) is 0 Å². The lowest BCUT2D eigenvalue weighted by Crippen LogP contribution is -2.26. The van der Waals surface area contributed by atoms with Gasteiger partial charge in [0.05, 0.1) is 6.04 Å². The molecule has 5 nitrogen and oxygen atoms in total. The molecule has 19 heavy (non-hydrogen) atoms. The van der Waals surface area contributed by atoms with Gasteiger partial charge in [-0.3, -0.25) is 4.79 Å². The summed E-state index contributed by atoms with van der Waals surface area (Å²) < 4.78 is 0. The first-order chi connectivity index (χ1) is 9.02. The third kappa shape index (κ3) is 5.42. The Morgan fingerprint density at radius 3 is 2.42 bits per heavy atom. The molecule has 0 fully saturated rings. The van der Waals surface area contributed by atoms with Crippen molar-refractivity contribution in [3.05, 3.63) is 29.8 Å². The molecule has 0 aliphatic rings. The number of rotatable bonds is 6. The molecule has 4 N–H and O–H groups in total. The number of carbonyl (C=O) groups excluding carboxylic acids is 2. The predicted octanol–water partition coefficient (Wildman–Crippen LogP) is 2.54. The molecule has 3 amide bonds. The molecule has 1 rings (SSSR count). The molecular weight excluding hydrogens is 242 g/mol. The minimum atomic E-state index is -0.589. The van der Waals surface area contributed by atoms with Gasteiger partial charge in [0.2, 0.25) is 5.91 Å². The molecule has 1 aromatic carbocycles. The van der Waals surface area contributed by atoms with Crippen LogP contribution in [0.25, 0.3) is 0 Å². The Labute approximate surface area is 113 Å². The molecule has 0 radical (unpaired) electrons. The minimum absolute atomic E-state index is 0.0491. The highest BCUT2D eigenvalue weighted by molar-refractivity contribution is 5.87. The van der Waals surface area contributed by atoms with Crippen LogP contribution in [-0.4, -0.2) is 11.9 Å². The van der Waals surface area contributed by atoms with Crippen LogP contribution in [-0.2, 0) is 4.79 Å². The minimum Gasteiger partial charge on any atom is -0.351 e. The highest BCUT2D eigenvalue weighted by Crippen LogP contribution is 2.16.